The first-order valence-corrected chi connectivity index (χ1v) is 18.4. The predicted molar refractivity (Wildman–Crippen MR) is 191 cm³/mol. The molecule has 2 saturated carbocycles. The second-order valence-corrected chi connectivity index (χ2v) is 14.7. The number of ketones is 1. The lowest BCUT2D eigenvalue weighted by Gasteiger charge is -2.47. The minimum atomic E-state index is -0.163. The summed E-state index contributed by atoms with van der Waals surface area (Å²) >= 11 is 0. The third-order valence-electron chi connectivity index (χ3n) is 11.3. The second-order valence-electron chi connectivity index (χ2n) is 14.7. The van der Waals surface area contributed by atoms with Gasteiger partial charge in [0.15, 0.2) is 23.2 Å². The first-order chi connectivity index (χ1) is 23.2. The second kappa shape index (κ2) is 16.9. The highest BCUT2D eigenvalue weighted by Crippen LogP contribution is 2.56. The highest BCUT2D eigenvalue weighted by molar-refractivity contribution is 5.89. The number of phenolic OH excluding ortho intramolecular Hbond substituents is 1. The summed E-state index contributed by atoms with van der Waals surface area (Å²) in [6.45, 7) is 5.03. The molecule has 4 aliphatic rings. The first-order valence-electron chi connectivity index (χ1n) is 18.4. The molecule has 8 heteroatoms. The van der Waals surface area contributed by atoms with Crippen LogP contribution in [0.5, 0.6) is 11.5 Å². The molecule has 0 saturated heterocycles. The van der Waals surface area contributed by atoms with Crippen molar-refractivity contribution < 1.29 is 24.5 Å². The number of hydrogen-bond donors (Lipinski definition) is 4. The molecule has 1 aromatic carbocycles. The maximum atomic E-state index is 13.2. The van der Waals surface area contributed by atoms with Gasteiger partial charge in [0.1, 0.15) is 0 Å². The van der Waals surface area contributed by atoms with E-state index in [0.717, 1.165) is 74.5 Å². The van der Waals surface area contributed by atoms with Crippen LogP contribution in [0, 0.1) is 41.4 Å². The topological polar surface area (TPSA) is 140 Å². The van der Waals surface area contributed by atoms with E-state index in [1.165, 1.54) is 5.57 Å². The van der Waals surface area contributed by atoms with Crippen molar-refractivity contribution in [3.63, 3.8) is 0 Å². The van der Waals surface area contributed by atoms with Crippen LogP contribution in [0.1, 0.15) is 114 Å². The Balaban J connectivity index is 1.66. The monoisotopic (exact) mass is 659 g/mol. The number of rotatable bonds is 13. The molecule has 0 radical (unpaired) electrons. The van der Waals surface area contributed by atoms with Gasteiger partial charge in [-0.05, 0) is 118 Å². The number of phenols is 1. The number of carbonyl (C=O) groups is 1. The number of guanidine groups is 1. The van der Waals surface area contributed by atoms with E-state index >= 15 is 0 Å². The van der Waals surface area contributed by atoms with Gasteiger partial charge in [-0.1, -0.05) is 43.4 Å². The van der Waals surface area contributed by atoms with Crippen molar-refractivity contribution in [3.05, 3.63) is 46.6 Å². The van der Waals surface area contributed by atoms with Crippen molar-refractivity contribution in [1.82, 2.24) is 0 Å². The summed E-state index contributed by atoms with van der Waals surface area (Å²) in [6, 6.07) is 1.79. The number of aryl methyl sites for hydroxylation is 1. The Kier molecular flexibility index (Phi) is 12.7. The number of fused-ring (bicyclic) bond motifs is 6. The van der Waals surface area contributed by atoms with Crippen LogP contribution in [0.4, 0.5) is 0 Å². The molecule has 0 amide bonds. The minimum absolute atomic E-state index is 0.0356. The van der Waals surface area contributed by atoms with Crippen LogP contribution >= 0.6 is 0 Å². The Labute approximate surface area is 287 Å². The molecule has 48 heavy (non-hydrogen) atoms. The van der Waals surface area contributed by atoms with Crippen molar-refractivity contribution in [2.45, 2.75) is 115 Å². The molecule has 6 N–H and O–H groups in total. The van der Waals surface area contributed by atoms with Gasteiger partial charge in [0, 0.05) is 43.6 Å². The molecule has 8 nitrogen and oxygen atoms in total. The zero-order valence-corrected chi connectivity index (χ0v) is 29.3. The van der Waals surface area contributed by atoms with Crippen LogP contribution in [0.25, 0.3) is 0 Å². The minimum Gasteiger partial charge on any atom is -0.504 e. The molecule has 0 aromatic heterocycles. The van der Waals surface area contributed by atoms with Crippen molar-refractivity contribution >= 4 is 11.7 Å². The lowest BCUT2D eigenvalue weighted by atomic mass is 9.58. The van der Waals surface area contributed by atoms with Gasteiger partial charge < -0.3 is 31.2 Å². The van der Waals surface area contributed by atoms with Crippen LogP contribution in [0.3, 0.4) is 0 Å². The normalized spacial score (nSPS) is 27.6. The van der Waals surface area contributed by atoms with E-state index in [1.807, 2.05) is 12.1 Å². The van der Waals surface area contributed by atoms with E-state index in [4.69, 9.17) is 20.9 Å². The van der Waals surface area contributed by atoms with Gasteiger partial charge in [-0.2, -0.15) is 0 Å². The maximum absolute atomic E-state index is 13.2. The number of nitrogens with two attached hydrogens (primary N) is 2. The molecule has 2 fully saturated rings. The fourth-order valence-corrected chi connectivity index (χ4v) is 8.74. The number of aliphatic imine (C=N–C) groups is 1. The number of benzene rings is 1. The average molecular weight is 660 g/mol. The smallest absolute Gasteiger partial charge is 0.186 e. The molecule has 0 aliphatic heterocycles. The van der Waals surface area contributed by atoms with E-state index in [1.54, 1.807) is 13.2 Å². The fourth-order valence-electron chi connectivity index (χ4n) is 8.74. The Bertz CT molecular complexity index is 1430. The summed E-state index contributed by atoms with van der Waals surface area (Å²) in [5, 5.41) is 21.7. The van der Waals surface area contributed by atoms with Gasteiger partial charge in [0.05, 0.1) is 18.8 Å². The molecular weight excluding hydrogens is 602 g/mol. The van der Waals surface area contributed by atoms with Crippen molar-refractivity contribution in [2.75, 3.05) is 20.3 Å². The molecule has 2 bridgehead atoms. The number of aliphatic hydroxyl groups excluding tert-OH is 1. The number of aliphatic hydroxyl groups is 1. The van der Waals surface area contributed by atoms with Crippen molar-refractivity contribution in [1.29, 1.82) is 0 Å². The molecule has 4 aliphatic carbocycles. The third-order valence-corrected chi connectivity index (χ3v) is 11.3. The van der Waals surface area contributed by atoms with E-state index in [2.05, 4.69) is 36.8 Å². The highest BCUT2D eigenvalue weighted by Gasteiger charge is 2.46. The number of methoxy groups -OCH3 is 1. The van der Waals surface area contributed by atoms with Gasteiger partial charge in [-0.15, -0.1) is 0 Å². The molecule has 0 heterocycles. The van der Waals surface area contributed by atoms with E-state index in [9.17, 15) is 15.0 Å². The Morgan fingerprint density at radius 3 is 2.71 bits per heavy atom. The summed E-state index contributed by atoms with van der Waals surface area (Å²) < 4.78 is 12.6. The Morgan fingerprint density at radius 1 is 1.21 bits per heavy atom. The summed E-state index contributed by atoms with van der Waals surface area (Å²) in [4.78, 5) is 17.8. The summed E-state index contributed by atoms with van der Waals surface area (Å²) in [7, 11) is 1.75. The quantitative estimate of drug-likeness (QED) is 0.0640. The predicted octanol–water partition coefficient (Wildman–Crippen LogP) is 6.31. The van der Waals surface area contributed by atoms with Crippen LogP contribution in [0.15, 0.2) is 34.9 Å². The molecule has 0 unspecified atom stereocenters. The third kappa shape index (κ3) is 8.65. The Morgan fingerprint density at radius 2 is 2.00 bits per heavy atom. The maximum Gasteiger partial charge on any atom is 0.186 e. The SMILES string of the molecule is CC[C@H](C=CC(=O)CCc1cc(OC2CCCC2)c(O)c2c1C#CC[C@H](N=C(N)N)C[C@@H]1C=C3CC[C@@H](C)C[C@H]3[C@H]2[C@@H]1COC)CCO. The molecule has 262 valence electrons. The van der Waals surface area contributed by atoms with E-state index in [0.29, 0.717) is 44.0 Å². The Hall–Kier alpha value is -3.28. The van der Waals surface area contributed by atoms with Crippen LogP contribution in [-0.2, 0) is 16.0 Å². The zero-order valence-electron chi connectivity index (χ0n) is 29.3. The van der Waals surface area contributed by atoms with Crippen LogP contribution < -0.4 is 16.2 Å². The fraction of sp³-hybridized carbons (Fsp3) is 0.650. The number of aromatic hydroxyl groups is 1. The van der Waals surface area contributed by atoms with Gasteiger partial charge in [-0.25, -0.2) is 4.99 Å². The largest absolute Gasteiger partial charge is 0.504 e. The van der Waals surface area contributed by atoms with Gasteiger partial charge >= 0.3 is 0 Å². The molecular formula is C40H57N3O5. The molecule has 1 aromatic rings. The van der Waals surface area contributed by atoms with Crippen LogP contribution in [-0.4, -0.2) is 54.4 Å². The summed E-state index contributed by atoms with van der Waals surface area (Å²) in [6.07, 6.45) is 17.1. The average Bonchev–Trinajstić information content (AvgIpc) is 3.57. The number of hydrogen-bond acceptors (Lipinski definition) is 6. The van der Waals surface area contributed by atoms with Gasteiger partial charge in [-0.3, -0.25) is 4.79 Å². The number of nitrogens with zero attached hydrogens (tertiary/aromatic N) is 1. The van der Waals surface area contributed by atoms with Gasteiger partial charge in [0.2, 0.25) is 0 Å². The van der Waals surface area contributed by atoms with E-state index < -0.39 is 0 Å². The lowest BCUT2D eigenvalue weighted by Crippen LogP contribution is -2.39. The molecule has 7 atom stereocenters. The summed E-state index contributed by atoms with van der Waals surface area (Å²) in [5.74, 6) is 8.88. The van der Waals surface area contributed by atoms with Crippen LogP contribution in [0.2, 0.25) is 0 Å². The highest BCUT2D eigenvalue weighted by atomic mass is 16.5. The number of ether oxygens (including phenoxy) is 2. The van der Waals surface area contributed by atoms with Gasteiger partial charge in [0.25, 0.3) is 0 Å². The van der Waals surface area contributed by atoms with E-state index in [-0.39, 0.29) is 65.8 Å². The first kappa shape index (κ1) is 36.0. The standard InChI is InChI=1S/C40H57N3O5/c1-4-26(18-19-44)13-16-31(45)17-15-28-23-36(48-32-9-5-6-10-32)39(46)38-33(28)11-7-8-30(43-40(41)42)22-29-21-27-14-12-25(2)20-34(27)37(38)35(29)24-47-3/h13,16,21,23,25-26,29-30,32,34-35,37,44,46H,4-6,8-10,12,14-15,17-20,22,24H2,1-3H3,(H4,41,42,43)/t25-,26-,29+,30+,34-,35-,37+/m1/s1. The van der Waals surface area contributed by atoms with Crippen molar-refractivity contribution in [3.8, 4) is 23.3 Å². The number of allylic oxidation sites excluding steroid dienone is 4. The zero-order chi connectivity index (χ0) is 34.2. The number of carbonyl (C=O) groups excluding carboxylic acids is 1. The molecule has 0 spiro atoms. The summed E-state index contributed by atoms with van der Waals surface area (Å²) in [5.41, 5.74) is 15.9. The lowest BCUT2D eigenvalue weighted by molar-refractivity contribution is -0.114. The van der Waals surface area contributed by atoms with Crippen molar-refractivity contribution in [2.24, 2.45) is 46.0 Å². The molecule has 5 rings (SSSR count).